The van der Waals surface area contributed by atoms with Gasteiger partial charge in [0.1, 0.15) is 6.04 Å². The molecule has 0 radical (unpaired) electrons. The highest BCUT2D eigenvalue weighted by molar-refractivity contribution is 5.73. The molecule has 1 fully saturated rings. The molecule has 1 aliphatic heterocycles. The summed E-state index contributed by atoms with van der Waals surface area (Å²) in [4.78, 5) is 11.9. The van der Waals surface area contributed by atoms with Gasteiger partial charge >= 0.3 is 5.97 Å². The monoisotopic (exact) mass is 179 g/mol. The van der Waals surface area contributed by atoms with Gasteiger partial charge in [0.15, 0.2) is 0 Å². The molecule has 1 rings (SSSR count). The summed E-state index contributed by atoms with van der Waals surface area (Å²) < 4.78 is 25.4. The average Bonchev–Trinajstić information content (AvgIpc) is 1.94. The van der Waals surface area contributed by atoms with E-state index in [0.717, 1.165) is 0 Å². The summed E-state index contributed by atoms with van der Waals surface area (Å²) in [5.74, 6) is -3.98. The topological polar surface area (TPSA) is 40.5 Å². The van der Waals surface area contributed by atoms with Gasteiger partial charge in [0, 0.05) is 19.4 Å². The Morgan fingerprint density at radius 2 is 2.25 bits per heavy atom. The average molecular weight is 179 g/mol. The first-order valence-electron chi connectivity index (χ1n) is 3.73. The van der Waals surface area contributed by atoms with E-state index in [9.17, 15) is 13.6 Å². The molecular weight excluding hydrogens is 168 g/mol. The van der Waals surface area contributed by atoms with Crippen molar-refractivity contribution in [2.24, 2.45) is 0 Å². The number of halogens is 2. The molecular formula is C7H11F2NO2. The Bertz CT molecular complexity index is 196. The van der Waals surface area contributed by atoms with E-state index in [4.69, 9.17) is 5.11 Å². The number of hydrogen-bond donors (Lipinski definition) is 1. The molecule has 0 amide bonds. The van der Waals surface area contributed by atoms with Crippen molar-refractivity contribution in [2.45, 2.75) is 24.8 Å². The molecule has 12 heavy (non-hydrogen) atoms. The van der Waals surface area contributed by atoms with Crippen LogP contribution < -0.4 is 0 Å². The predicted molar refractivity (Wildman–Crippen MR) is 38.2 cm³/mol. The quantitative estimate of drug-likeness (QED) is 0.647. The van der Waals surface area contributed by atoms with Crippen LogP contribution in [0.1, 0.15) is 12.8 Å². The Morgan fingerprint density at radius 3 is 2.67 bits per heavy atom. The predicted octanol–water partition coefficient (Wildman–Crippen LogP) is 0.800. The summed E-state index contributed by atoms with van der Waals surface area (Å²) >= 11 is 0. The maximum absolute atomic E-state index is 12.7. The van der Waals surface area contributed by atoms with Gasteiger partial charge in [-0.25, -0.2) is 8.78 Å². The standard InChI is InChI=1S/C7H11F2NO2/c1-10-3-2-7(8,9)4-5(10)6(11)12/h5H,2-4H2,1H3,(H,11,12). The largest absolute Gasteiger partial charge is 0.480 e. The fraction of sp³-hybridized carbons (Fsp3) is 0.857. The van der Waals surface area contributed by atoms with Gasteiger partial charge < -0.3 is 5.11 Å². The number of carbonyl (C=O) groups is 1. The molecule has 0 saturated carbocycles. The van der Waals surface area contributed by atoms with Crippen molar-refractivity contribution in [1.82, 2.24) is 4.90 Å². The summed E-state index contributed by atoms with van der Waals surface area (Å²) in [5, 5.41) is 8.57. The van der Waals surface area contributed by atoms with Crippen LogP contribution in [-0.4, -0.2) is 41.5 Å². The lowest BCUT2D eigenvalue weighted by Gasteiger charge is -2.34. The van der Waals surface area contributed by atoms with Crippen molar-refractivity contribution in [3.63, 3.8) is 0 Å². The number of carboxylic acids is 1. The number of rotatable bonds is 1. The summed E-state index contributed by atoms with van der Waals surface area (Å²) in [5.41, 5.74) is 0. The summed E-state index contributed by atoms with van der Waals surface area (Å²) in [6, 6.07) is -1.03. The van der Waals surface area contributed by atoms with Crippen molar-refractivity contribution >= 4 is 5.97 Å². The van der Waals surface area contributed by atoms with Crippen molar-refractivity contribution in [3.05, 3.63) is 0 Å². The van der Waals surface area contributed by atoms with Crippen LogP contribution in [0.25, 0.3) is 0 Å². The van der Waals surface area contributed by atoms with E-state index >= 15 is 0 Å². The Hall–Kier alpha value is -0.710. The molecule has 5 heteroatoms. The molecule has 0 bridgehead atoms. The Morgan fingerprint density at radius 1 is 1.67 bits per heavy atom. The number of hydrogen-bond acceptors (Lipinski definition) is 2. The van der Waals surface area contributed by atoms with Gasteiger partial charge in [-0.1, -0.05) is 0 Å². The molecule has 0 spiro atoms. The van der Waals surface area contributed by atoms with Crippen LogP contribution in [0.15, 0.2) is 0 Å². The highest BCUT2D eigenvalue weighted by Crippen LogP contribution is 2.30. The van der Waals surface area contributed by atoms with Crippen LogP contribution in [0.3, 0.4) is 0 Å². The van der Waals surface area contributed by atoms with Crippen molar-refractivity contribution in [1.29, 1.82) is 0 Å². The number of carboxylic acid groups (broad SMARTS) is 1. The number of nitrogens with zero attached hydrogens (tertiary/aromatic N) is 1. The molecule has 0 aromatic rings. The molecule has 1 saturated heterocycles. The third-order valence-corrected chi connectivity index (χ3v) is 2.14. The van der Waals surface area contributed by atoms with Gasteiger partial charge in [0.2, 0.25) is 0 Å². The normalized spacial score (nSPS) is 30.1. The molecule has 0 aromatic carbocycles. The highest BCUT2D eigenvalue weighted by Gasteiger charge is 2.41. The first-order chi connectivity index (χ1) is 5.42. The van der Waals surface area contributed by atoms with Gasteiger partial charge in [-0.05, 0) is 7.05 Å². The van der Waals surface area contributed by atoms with Crippen LogP contribution in [0.4, 0.5) is 8.78 Å². The molecule has 0 aromatic heterocycles. The molecule has 3 nitrogen and oxygen atoms in total. The zero-order valence-corrected chi connectivity index (χ0v) is 6.76. The summed E-state index contributed by atoms with van der Waals surface area (Å²) in [6.07, 6.45) is -0.813. The van der Waals surface area contributed by atoms with E-state index in [1.807, 2.05) is 0 Å². The second-order valence-corrected chi connectivity index (χ2v) is 3.14. The Balaban J connectivity index is 2.66. The minimum Gasteiger partial charge on any atom is -0.480 e. The Kier molecular flexibility index (Phi) is 2.32. The van der Waals surface area contributed by atoms with Crippen molar-refractivity contribution in [3.8, 4) is 0 Å². The highest BCUT2D eigenvalue weighted by atomic mass is 19.3. The van der Waals surface area contributed by atoms with E-state index in [1.165, 1.54) is 4.90 Å². The van der Waals surface area contributed by atoms with Crippen LogP contribution >= 0.6 is 0 Å². The Labute approximate surface area is 69.0 Å². The SMILES string of the molecule is CN1CCC(F)(F)CC1C(=O)O. The van der Waals surface area contributed by atoms with E-state index in [2.05, 4.69) is 0 Å². The van der Waals surface area contributed by atoms with Gasteiger partial charge in [-0.15, -0.1) is 0 Å². The first-order valence-corrected chi connectivity index (χ1v) is 3.73. The third-order valence-electron chi connectivity index (χ3n) is 2.14. The van der Waals surface area contributed by atoms with Crippen LogP contribution in [0.2, 0.25) is 0 Å². The number of alkyl halides is 2. The molecule has 1 N–H and O–H groups in total. The lowest BCUT2D eigenvalue weighted by molar-refractivity contribution is -0.152. The van der Waals surface area contributed by atoms with E-state index in [0.29, 0.717) is 0 Å². The summed E-state index contributed by atoms with van der Waals surface area (Å²) in [7, 11) is 1.55. The molecule has 1 heterocycles. The van der Waals surface area contributed by atoms with E-state index in [-0.39, 0.29) is 13.0 Å². The van der Waals surface area contributed by atoms with Crippen molar-refractivity contribution in [2.75, 3.05) is 13.6 Å². The van der Waals surface area contributed by atoms with Crippen LogP contribution in [0.5, 0.6) is 0 Å². The minimum absolute atomic E-state index is 0.143. The minimum atomic E-state index is -2.81. The molecule has 70 valence electrons. The zero-order chi connectivity index (χ0) is 9.35. The molecule has 1 aliphatic rings. The second-order valence-electron chi connectivity index (χ2n) is 3.14. The zero-order valence-electron chi connectivity index (χ0n) is 6.76. The third kappa shape index (κ3) is 1.91. The number of likely N-dealkylation sites (tertiary alicyclic amines) is 1. The lowest BCUT2D eigenvalue weighted by atomic mass is 9.99. The number of piperidine rings is 1. The fourth-order valence-electron chi connectivity index (χ4n) is 1.31. The van der Waals surface area contributed by atoms with Gasteiger partial charge in [0.25, 0.3) is 5.92 Å². The maximum atomic E-state index is 12.7. The van der Waals surface area contributed by atoms with E-state index < -0.39 is 24.4 Å². The summed E-state index contributed by atoms with van der Waals surface area (Å²) in [6.45, 7) is 0.143. The molecule has 1 atom stereocenters. The first kappa shape index (κ1) is 9.38. The smallest absolute Gasteiger partial charge is 0.321 e. The lowest BCUT2D eigenvalue weighted by Crippen LogP contribution is -2.48. The van der Waals surface area contributed by atoms with Gasteiger partial charge in [0.05, 0.1) is 0 Å². The molecule has 0 aliphatic carbocycles. The number of aliphatic carboxylic acids is 1. The van der Waals surface area contributed by atoms with Crippen molar-refractivity contribution < 1.29 is 18.7 Å². The van der Waals surface area contributed by atoms with Gasteiger partial charge in [-0.3, -0.25) is 9.69 Å². The van der Waals surface area contributed by atoms with Crippen LogP contribution in [-0.2, 0) is 4.79 Å². The maximum Gasteiger partial charge on any atom is 0.321 e. The molecule has 1 unspecified atom stereocenters. The fourth-order valence-corrected chi connectivity index (χ4v) is 1.31. The number of likely N-dealkylation sites (N-methyl/N-ethyl adjacent to an activating group) is 1. The van der Waals surface area contributed by atoms with E-state index in [1.54, 1.807) is 7.05 Å². The van der Waals surface area contributed by atoms with Crippen LogP contribution in [0, 0.1) is 0 Å². The van der Waals surface area contributed by atoms with Gasteiger partial charge in [-0.2, -0.15) is 0 Å². The second kappa shape index (κ2) is 2.97.